The molecule has 1 atom stereocenters. The van der Waals surface area contributed by atoms with E-state index in [1.165, 1.54) is 14.1 Å². The number of sulfonamides is 1. The smallest absolute Gasteiger partial charge is 0.410 e. The van der Waals surface area contributed by atoms with Gasteiger partial charge in [0.25, 0.3) is 15.9 Å². The Labute approximate surface area is 236 Å². The largest absolute Gasteiger partial charge is 0.448 e. The molecule has 13 heteroatoms. The van der Waals surface area contributed by atoms with Crippen LogP contribution in [0.2, 0.25) is 0 Å². The van der Waals surface area contributed by atoms with E-state index in [2.05, 4.69) is 25.9 Å². The number of ether oxygens (including phenoxy) is 1. The third-order valence-electron chi connectivity index (χ3n) is 7.22. The van der Waals surface area contributed by atoms with E-state index in [-0.39, 0.29) is 43.6 Å². The molecule has 2 saturated heterocycles. The highest BCUT2D eigenvalue weighted by Gasteiger charge is 2.40. The van der Waals surface area contributed by atoms with Crippen molar-refractivity contribution in [3.8, 4) is 23.5 Å². The Morgan fingerprint density at radius 2 is 1.85 bits per heavy atom. The molecule has 2 aliphatic heterocycles. The van der Waals surface area contributed by atoms with E-state index in [0.29, 0.717) is 23.0 Å². The van der Waals surface area contributed by atoms with Crippen molar-refractivity contribution in [2.75, 3.05) is 39.3 Å². The number of terminal acetylenes is 1. The lowest BCUT2D eigenvalue weighted by molar-refractivity contribution is 0.0501. The minimum Gasteiger partial charge on any atom is -0.448 e. The van der Waals surface area contributed by atoms with Crippen molar-refractivity contribution in [2.24, 2.45) is 0 Å². The number of carbonyl (C=O) groups excluding carboxylic acids is 2. The Bertz CT molecular complexity index is 1770. The summed E-state index contributed by atoms with van der Waals surface area (Å²) in [6, 6.07) is 9.73. The number of pyridine rings is 1. The van der Waals surface area contributed by atoms with Crippen LogP contribution in [-0.2, 0) is 14.8 Å². The molecule has 2 amide bonds. The number of hydrogen-bond acceptors (Lipinski definition) is 8. The first kappa shape index (κ1) is 26.4. The fraction of sp³-hybridized carbons (Fsp3) is 0.250. The molecule has 0 spiro atoms. The minimum absolute atomic E-state index is 0.0203. The normalized spacial score (nSPS) is 17.9. The van der Waals surface area contributed by atoms with Gasteiger partial charge < -0.3 is 19.5 Å². The quantitative estimate of drug-likeness (QED) is 0.346. The lowest BCUT2D eigenvalue weighted by Crippen LogP contribution is -2.60. The number of carbonyl (C=O) groups is 2. The number of aromatic amines is 1. The Morgan fingerprint density at radius 3 is 2.56 bits per heavy atom. The van der Waals surface area contributed by atoms with Crippen LogP contribution in [0.1, 0.15) is 16.2 Å². The van der Waals surface area contributed by atoms with Crippen LogP contribution in [0.5, 0.6) is 0 Å². The van der Waals surface area contributed by atoms with Gasteiger partial charge in [0.2, 0.25) is 5.82 Å². The zero-order valence-corrected chi connectivity index (χ0v) is 22.6. The van der Waals surface area contributed by atoms with Crippen LogP contribution in [0.4, 0.5) is 4.79 Å². The topological polar surface area (TPSA) is 142 Å². The van der Waals surface area contributed by atoms with Crippen molar-refractivity contribution in [1.29, 1.82) is 0 Å². The third-order valence-corrected chi connectivity index (χ3v) is 9.01. The number of amides is 2. The first-order chi connectivity index (χ1) is 19.8. The predicted octanol–water partition coefficient (Wildman–Crippen LogP) is 1.97. The molecule has 4 aromatic rings. The number of nitrogens with one attached hydrogen (secondary N) is 1. The fourth-order valence-corrected chi connectivity index (χ4v) is 6.53. The van der Waals surface area contributed by atoms with E-state index in [1.54, 1.807) is 49.1 Å². The van der Waals surface area contributed by atoms with Gasteiger partial charge in [0.15, 0.2) is 0 Å². The van der Waals surface area contributed by atoms with E-state index in [1.807, 2.05) is 12.1 Å². The summed E-state index contributed by atoms with van der Waals surface area (Å²) in [5.74, 6) is 2.08. The molecule has 3 aromatic heterocycles. The van der Waals surface area contributed by atoms with Crippen LogP contribution in [0.3, 0.4) is 0 Å². The summed E-state index contributed by atoms with van der Waals surface area (Å²) in [5.41, 5.74) is 2.86. The second-order valence-electron chi connectivity index (χ2n) is 9.69. The van der Waals surface area contributed by atoms with Crippen molar-refractivity contribution in [1.82, 2.24) is 34.0 Å². The number of benzene rings is 1. The van der Waals surface area contributed by atoms with Crippen molar-refractivity contribution in [3.63, 3.8) is 0 Å². The number of cyclic esters (lactones) is 1. The number of H-pyrrole nitrogens is 1. The molecule has 208 valence electrons. The van der Waals surface area contributed by atoms with Gasteiger partial charge in [0.1, 0.15) is 11.6 Å². The monoisotopic (exact) mass is 571 g/mol. The molecule has 6 rings (SSSR count). The zero-order chi connectivity index (χ0) is 28.6. The SMILES string of the molecule is C#Cc1ccc2[nH]c(S(=O)(=O)N3CCN(C(=O)c4ncc(-c5ccncc5)cn4)C(CN4CCOC4=O)C3)cc2c1. The summed E-state index contributed by atoms with van der Waals surface area (Å²) >= 11 is 0. The zero-order valence-electron chi connectivity index (χ0n) is 21.8. The van der Waals surface area contributed by atoms with Gasteiger partial charge in [-0.3, -0.25) is 9.78 Å². The van der Waals surface area contributed by atoms with E-state index in [0.717, 1.165) is 11.1 Å². The van der Waals surface area contributed by atoms with Crippen LogP contribution in [0, 0.1) is 12.3 Å². The van der Waals surface area contributed by atoms with Crippen molar-refractivity contribution < 1.29 is 22.7 Å². The maximum absolute atomic E-state index is 13.7. The van der Waals surface area contributed by atoms with E-state index >= 15 is 0 Å². The van der Waals surface area contributed by atoms with Crippen molar-refractivity contribution >= 4 is 32.9 Å². The van der Waals surface area contributed by atoms with Gasteiger partial charge in [-0.1, -0.05) is 5.92 Å². The maximum Gasteiger partial charge on any atom is 0.410 e. The molecular formula is C28H25N7O5S. The highest BCUT2D eigenvalue weighted by molar-refractivity contribution is 7.89. The van der Waals surface area contributed by atoms with E-state index in [9.17, 15) is 18.0 Å². The number of nitrogens with zero attached hydrogens (tertiary/aromatic N) is 6. The third kappa shape index (κ3) is 5.10. The summed E-state index contributed by atoms with van der Waals surface area (Å²) in [7, 11) is -3.96. The van der Waals surface area contributed by atoms with Gasteiger partial charge in [-0.2, -0.15) is 4.31 Å². The predicted molar refractivity (Wildman–Crippen MR) is 148 cm³/mol. The molecule has 2 fully saturated rings. The molecule has 2 aliphatic rings. The van der Waals surface area contributed by atoms with Gasteiger partial charge in [0.05, 0.1) is 12.6 Å². The molecule has 12 nitrogen and oxygen atoms in total. The van der Waals surface area contributed by atoms with Gasteiger partial charge in [-0.25, -0.2) is 23.2 Å². The lowest BCUT2D eigenvalue weighted by Gasteiger charge is -2.41. The number of fused-ring (bicyclic) bond motifs is 1. The molecule has 0 bridgehead atoms. The Balaban J connectivity index is 1.26. The average Bonchev–Trinajstić information content (AvgIpc) is 3.63. The maximum atomic E-state index is 13.7. The Morgan fingerprint density at radius 1 is 1.07 bits per heavy atom. The second kappa shape index (κ2) is 10.6. The average molecular weight is 572 g/mol. The molecule has 41 heavy (non-hydrogen) atoms. The van der Waals surface area contributed by atoms with Crippen LogP contribution in [-0.4, -0.2) is 99.8 Å². The van der Waals surface area contributed by atoms with Crippen molar-refractivity contribution in [2.45, 2.75) is 11.1 Å². The number of hydrogen-bond donors (Lipinski definition) is 1. The second-order valence-corrected chi connectivity index (χ2v) is 11.6. The Kier molecular flexibility index (Phi) is 6.86. The van der Waals surface area contributed by atoms with Crippen molar-refractivity contribution in [3.05, 3.63) is 72.6 Å². The molecule has 0 radical (unpaired) electrons. The highest BCUT2D eigenvalue weighted by atomic mass is 32.2. The summed E-state index contributed by atoms with van der Waals surface area (Å²) in [4.78, 5) is 44.4. The molecule has 0 aliphatic carbocycles. The summed E-state index contributed by atoms with van der Waals surface area (Å²) in [6.45, 7) is 0.788. The van der Waals surface area contributed by atoms with E-state index in [4.69, 9.17) is 11.2 Å². The first-order valence-electron chi connectivity index (χ1n) is 12.9. The molecule has 1 unspecified atom stereocenters. The minimum atomic E-state index is -3.96. The molecule has 1 aromatic carbocycles. The van der Waals surface area contributed by atoms with Gasteiger partial charge in [0, 0.05) is 73.0 Å². The summed E-state index contributed by atoms with van der Waals surface area (Å²) in [5, 5.41) is 0.701. The molecule has 5 heterocycles. The van der Waals surface area contributed by atoms with E-state index < -0.39 is 28.1 Å². The number of piperazine rings is 1. The van der Waals surface area contributed by atoms with Gasteiger partial charge in [-0.05, 0) is 42.0 Å². The molecule has 1 N–H and O–H groups in total. The first-order valence-corrected chi connectivity index (χ1v) is 14.3. The van der Waals surface area contributed by atoms with Crippen LogP contribution in [0.15, 0.2) is 66.2 Å². The Hall–Kier alpha value is -4.80. The standard InChI is InChI=1S/C28H25N7O5S/c1-2-19-3-4-24-21(13-19)14-25(32-24)41(38,39)34-9-10-35(23(18-34)17-33-11-12-40-28(33)37)27(36)26-30-15-22(16-31-26)20-5-7-29-8-6-20/h1,3-8,13-16,23,32H,9-12,17-18H2. The van der Waals surface area contributed by atoms with Crippen LogP contribution >= 0.6 is 0 Å². The highest BCUT2D eigenvalue weighted by Crippen LogP contribution is 2.26. The molecule has 0 saturated carbocycles. The molecular weight excluding hydrogens is 546 g/mol. The van der Waals surface area contributed by atoms with Crippen LogP contribution < -0.4 is 0 Å². The fourth-order valence-electron chi connectivity index (χ4n) is 5.05. The summed E-state index contributed by atoms with van der Waals surface area (Å²) in [6.07, 6.45) is 11.4. The van der Waals surface area contributed by atoms with Gasteiger partial charge >= 0.3 is 6.09 Å². The number of rotatable bonds is 6. The van der Waals surface area contributed by atoms with Crippen LogP contribution in [0.25, 0.3) is 22.0 Å². The lowest BCUT2D eigenvalue weighted by atomic mass is 10.1. The van der Waals surface area contributed by atoms with Gasteiger partial charge in [-0.15, -0.1) is 6.42 Å². The number of aromatic nitrogens is 4. The summed E-state index contributed by atoms with van der Waals surface area (Å²) < 4.78 is 33.8.